The molecule has 136 valence electrons. The zero-order valence-corrected chi connectivity index (χ0v) is 15.3. The van der Waals surface area contributed by atoms with Gasteiger partial charge in [-0.3, -0.25) is 9.59 Å². The highest BCUT2D eigenvalue weighted by atomic mass is 16.5. The third kappa shape index (κ3) is 1.62. The van der Waals surface area contributed by atoms with Gasteiger partial charge >= 0.3 is 0 Å². The minimum atomic E-state index is -0.320. The minimum absolute atomic E-state index is 0.175. The van der Waals surface area contributed by atoms with E-state index in [0.29, 0.717) is 18.2 Å². The summed E-state index contributed by atoms with van der Waals surface area (Å²) in [6.45, 7) is 2.88. The molecule has 2 saturated carbocycles. The van der Waals surface area contributed by atoms with Crippen LogP contribution in [-0.4, -0.2) is 35.3 Å². The first kappa shape index (κ1) is 15.2. The molecule has 1 saturated heterocycles. The normalized spacial score (nSPS) is 37.0. The number of Topliss-reactive ketones (excluding diaryl/α,β-unsaturated/α-hetero) is 1. The van der Waals surface area contributed by atoms with Crippen molar-refractivity contribution in [1.29, 1.82) is 0 Å². The number of piperidine rings is 1. The van der Waals surface area contributed by atoms with Gasteiger partial charge in [0.1, 0.15) is 5.75 Å². The van der Waals surface area contributed by atoms with Crippen molar-refractivity contribution in [2.75, 3.05) is 6.54 Å². The standard InChI is InChI=1S/C22H25NO3/c1-12-5-6-14-11-16-15-7-8-17(24)20-22(15,18(14)19(12)26-20)9-10-23(16)21(25)13-3-2-4-13/h5-6,13,15-16,20H,2-4,7-11H2,1H3/t15-,16+,20-,22-/m1/s1. The van der Waals surface area contributed by atoms with Crippen molar-refractivity contribution < 1.29 is 14.3 Å². The van der Waals surface area contributed by atoms with Crippen LogP contribution in [0.3, 0.4) is 0 Å². The van der Waals surface area contributed by atoms with Gasteiger partial charge in [-0.05, 0) is 56.1 Å². The van der Waals surface area contributed by atoms with Crippen LogP contribution in [0.5, 0.6) is 5.75 Å². The molecule has 2 bridgehead atoms. The summed E-state index contributed by atoms with van der Waals surface area (Å²) < 4.78 is 6.34. The molecule has 2 heterocycles. The van der Waals surface area contributed by atoms with Gasteiger partial charge < -0.3 is 9.64 Å². The largest absolute Gasteiger partial charge is 0.481 e. The van der Waals surface area contributed by atoms with E-state index in [4.69, 9.17) is 4.74 Å². The van der Waals surface area contributed by atoms with E-state index in [9.17, 15) is 9.59 Å². The number of aryl methyl sites for hydroxylation is 1. The summed E-state index contributed by atoms with van der Waals surface area (Å²) in [5.41, 5.74) is 3.61. The Morgan fingerprint density at radius 3 is 2.88 bits per heavy atom. The lowest BCUT2D eigenvalue weighted by Gasteiger charge is -2.58. The van der Waals surface area contributed by atoms with Crippen molar-refractivity contribution >= 4 is 11.7 Å². The van der Waals surface area contributed by atoms with Gasteiger partial charge in [0.25, 0.3) is 0 Å². The Bertz CT molecular complexity index is 842. The second kappa shape index (κ2) is 4.90. The molecule has 0 unspecified atom stereocenters. The van der Waals surface area contributed by atoms with Gasteiger partial charge in [0, 0.05) is 35.9 Å². The predicted molar refractivity (Wildman–Crippen MR) is 96.2 cm³/mol. The maximum Gasteiger partial charge on any atom is 0.225 e. The molecule has 1 spiro atoms. The molecule has 4 nitrogen and oxygen atoms in total. The molecule has 4 heteroatoms. The molecule has 1 amide bonds. The number of ether oxygens (including phenoxy) is 1. The third-order valence-electron chi connectivity index (χ3n) is 8.06. The van der Waals surface area contributed by atoms with E-state index in [-0.39, 0.29) is 29.3 Å². The number of carbonyl (C=O) groups excluding carboxylic acids is 2. The van der Waals surface area contributed by atoms with E-state index in [1.165, 1.54) is 17.5 Å². The van der Waals surface area contributed by atoms with Crippen LogP contribution in [0, 0.1) is 18.8 Å². The quantitative estimate of drug-likeness (QED) is 0.782. The first-order valence-electron chi connectivity index (χ1n) is 10.2. The first-order chi connectivity index (χ1) is 12.6. The topological polar surface area (TPSA) is 46.6 Å². The zero-order chi connectivity index (χ0) is 17.6. The Balaban J connectivity index is 1.51. The number of benzene rings is 1. The molecule has 0 aromatic heterocycles. The Morgan fingerprint density at radius 1 is 1.27 bits per heavy atom. The number of hydrogen-bond donors (Lipinski definition) is 0. The van der Waals surface area contributed by atoms with Gasteiger partial charge in [-0.25, -0.2) is 0 Å². The van der Waals surface area contributed by atoms with E-state index in [2.05, 4.69) is 24.0 Å². The van der Waals surface area contributed by atoms with Crippen LogP contribution in [0.15, 0.2) is 12.1 Å². The highest BCUT2D eigenvalue weighted by Crippen LogP contribution is 2.62. The molecule has 6 rings (SSSR count). The van der Waals surface area contributed by atoms with Gasteiger partial charge in [0.2, 0.25) is 5.91 Å². The highest BCUT2D eigenvalue weighted by molar-refractivity contribution is 5.89. The molecule has 0 radical (unpaired) electrons. The fourth-order valence-electron chi connectivity index (χ4n) is 6.64. The Kier molecular flexibility index (Phi) is 2.87. The van der Waals surface area contributed by atoms with Gasteiger partial charge in [-0.2, -0.15) is 0 Å². The van der Waals surface area contributed by atoms with Crippen LogP contribution in [0.1, 0.15) is 55.2 Å². The maximum atomic E-state index is 13.1. The van der Waals surface area contributed by atoms with Crippen molar-refractivity contribution in [3.05, 3.63) is 28.8 Å². The smallest absolute Gasteiger partial charge is 0.225 e. The summed E-state index contributed by atoms with van der Waals surface area (Å²) in [4.78, 5) is 28.1. The van der Waals surface area contributed by atoms with E-state index in [1.54, 1.807) is 0 Å². The van der Waals surface area contributed by atoms with Crippen LogP contribution in [0.25, 0.3) is 0 Å². The Hall–Kier alpha value is -1.84. The predicted octanol–water partition coefficient (Wildman–Crippen LogP) is 2.93. The van der Waals surface area contributed by atoms with Crippen molar-refractivity contribution in [2.24, 2.45) is 11.8 Å². The molecule has 1 aromatic rings. The maximum absolute atomic E-state index is 13.1. The highest BCUT2D eigenvalue weighted by Gasteiger charge is 2.66. The number of ketones is 1. The molecule has 4 atom stereocenters. The van der Waals surface area contributed by atoms with E-state index in [1.807, 2.05) is 0 Å². The molecule has 0 N–H and O–H groups in total. The zero-order valence-electron chi connectivity index (χ0n) is 15.3. The fourth-order valence-corrected chi connectivity index (χ4v) is 6.64. The van der Waals surface area contributed by atoms with Crippen molar-refractivity contribution in [2.45, 2.75) is 69.4 Å². The number of likely N-dealkylation sites (tertiary alicyclic amines) is 1. The molecule has 26 heavy (non-hydrogen) atoms. The summed E-state index contributed by atoms with van der Waals surface area (Å²) in [6, 6.07) is 4.60. The lowest BCUT2D eigenvalue weighted by Crippen LogP contribution is -2.67. The van der Waals surface area contributed by atoms with E-state index >= 15 is 0 Å². The summed E-state index contributed by atoms with van der Waals surface area (Å²) in [5, 5.41) is 0. The van der Waals surface area contributed by atoms with E-state index < -0.39 is 0 Å². The van der Waals surface area contributed by atoms with Gasteiger partial charge in [0.05, 0.1) is 0 Å². The second-order valence-corrected chi connectivity index (χ2v) is 9.08. The van der Waals surface area contributed by atoms with Crippen molar-refractivity contribution in [1.82, 2.24) is 4.90 Å². The summed E-state index contributed by atoms with van der Waals surface area (Å²) in [7, 11) is 0. The number of rotatable bonds is 1. The van der Waals surface area contributed by atoms with E-state index in [0.717, 1.165) is 50.0 Å². The van der Waals surface area contributed by atoms with Gasteiger partial charge in [-0.1, -0.05) is 18.6 Å². The molecule has 5 aliphatic rings. The molecule has 1 aromatic carbocycles. The average Bonchev–Trinajstić information content (AvgIpc) is 2.92. The fraction of sp³-hybridized carbons (Fsp3) is 0.636. The van der Waals surface area contributed by atoms with Crippen molar-refractivity contribution in [3.8, 4) is 5.75 Å². The van der Waals surface area contributed by atoms with Crippen LogP contribution in [0.2, 0.25) is 0 Å². The van der Waals surface area contributed by atoms with Gasteiger partial charge in [-0.15, -0.1) is 0 Å². The summed E-state index contributed by atoms with van der Waals surface area (Å²) >= 11 is 0. The number of hydrogen-bond acceptors (Lipinski definition) is 3. The monoisotopic (exact) mass is 351 g/mol. The lowest BCUT2D eigenvalue weighted by atomic mass is 9.51. The first-order valence-corrected chi connectivity index (χ1v) is 10.2. The molecule has 3 aliphatic carbocycles. The molecule has 2 aliphatic heterocycles. The second-order valence-electron chi connectivity index (χ2n) is 9.08. The lowest BCUT2D eigenvalue weighted by molar-refractivity contribution is -0.153. The SMILES string of the molecule is Cc1ccc2c3c1O[C@@H]1C(=O)CC[C@@H]4[C@H](C2)N(C(=O)C2CCC2)CC[C@@]314. The van der Waals surface area contributed by atoms with Crippen LogP contribution < -0.4 is 4.74 Å². The Morgan fingerprint density at radius 2 is 2.12 bits per heavy atom. The molecule has 3 fully saturated rings. The summed E-state index contributed by atoms with van der Waals surface area (Å²) in [6.07, 6.45) is 6.30. The summed E-state index contributed by atoms with van der Waals surface area (Å²) in [5.74, 6) is 2.24. The van der Waals surface area contributed by atoms with Crippen LogP contribution in [0.4, 0.5) is 0 Å². The van der Waals surface area contributed by atoms with Gasteiger partial charge in [0.15, 0.2) is 11.9 Å². The van der Waals surface area contributed by atoms with Crippen molar-refractivity contribution in [3.63, 3.8) is 0 Å². The van der Waals surface area contributed by atoms with Crippen LogP contribution >= 0.6 is 0 Å². The molecular weight excluding hydrogens is 326 g/mol. The van der Waals surface area contributed by atoms with Crippen LogP contribution in [-0.2, 0) is 21.4 Å². The Labute approximate surface area is 153 Å². The number of nitrogens with zero attached hydrogens (tertiary/aromatic N) is 1. The minimum Gasteiger partial charge on any atom is -0.481 e. The third-order valence-corrected chi connectivity index (χ3v) is 8.06. The number of amides is 1. The average molecular weight is 351 g/mol. The molecular formula is C22H25NO3. The number of carbonyl (C=O) groups is 2.